The molecule has 1 rings (SSSR count). The third-order valence-corrected chi connectivity index (χ3v) is 1.73. The Morgan fingerprint density at radius 3 is 1.47 bits per heavy atom. The van der Waals surface area contributed by atoms with E-state index in [1.54, 1.807) is 0 Å². The summed E-state index contributed by atoms with van der Waals surface area (Å²) in [5, 5.41) is 13.8. The lowest BCUT2D eigenvalue weighted by molar-refractivity contribution is 0.0586. The van der Waals surface area contributed by atoms with Crippen LogP contribution in [0.3, 0.4) is 0 Å². The van der Waals surface area contributed by atoms with Crippen LogP contribution < -0.4 is 0 Å². The molecule has 1 aromatic rings. The Bertz CT molecular complexity index is 383. The van der Waals surface area contributed by atoms with Crippen LogP contribution in [0.25, 0.3) is 0 Å². The molecule has 0 amide bonds. The van der Waals surface area contributed by atoms with Gasteiger partial charge in [0, 0.05) is 0 Å². The van der Waals surface area contributed by atoms with Crippen molar-refractivity contribution in [1.29, 1.82) is 5.26 Å². The van der Waals surface area contributed by atoms with E-state index in [-0.39, 0.29) is 0 Å². The van der Waals surface area contributed by atoms with E-state index in [1.807, 2.05) is 0 Å². The van der Waals surface area contributed by atoms with Crippen LogP contribution in [0.2, 0.25) is 0 Å². The van der Waals surface area contributed by atoms with Gasteiger partial charge in [-0.15, -0.1) is 0 Å². The molecule has 6 nitrogen and oxygen atoms in total. The van der Waals surface area contributed by atoms with E-state index < -0.39 is 11.9 Å². The van der Waals surface area contributed by atoms with Crippen molar-refractivity contribution in [2.24, 2.45) is 0 Å². The lowest BCUT2D eigenvalue weighted by Gasteiger charge is -2.00. The fourth-order valence-corrected chi connectivity index (χ4v) is 0.978. The Balaban J connectivity index is 0.000000770. The number of carbonyl (C=O) groups excluding carboxylic acids is 2. The van der Waals surface area contributed by atoms with Gasteiger partial charge in [-0.2, -0.15) is 5.26 Å². The van der Waals surface area contributed by atoms with Gasteiger partial charge in [-0.3, -0.25) is 0 Å². The van der Waals surface area contributed by atoms with Crippen LogP contribution in [0.15, 0.2) is 24.3 Å². The van der Waals surface area contributed by atoms with Crippen molar-refractivity contribution in [3.63, 3.8) is 0 Å². The molecule has 0 aliphatic heterocycles. The number of nitriles is 1. The highest BCUT2D eigenvalue weighted by Crippen LogP contribution is 2.06. The van der Waals surface area contributed by atoms with Gasteiger partial charge in [0.2, 0.25) is 0 Å². The van der Waals surface area contributed by atoms with E-state index in [1.165, 1.54) is 38.5 Å². The van der Waals surface area contributed by atoms with Crippen molar-refractivity contribution in [3.05, 3.63) is 35.4 Å². The molecule has 0 atom stereocenters. The summed E-state index contributed by atoms with van der Waals surface area (Å²) in [4.78, 5) is 22.1. The highest BCUT2D eigenvalue weighted by molar-refractivity contribution is 5.93. The number of hydrogen-bond acceptors (Lipinski definition) is 6. The minimum Gasteiger partial charge on any atom is -0.465 e. The molecule has 1 aromatic carbocycles. The average Bonchev–Trinajstić information content (AvgIpc) is 2.38. The molecule has 0 saturated heterocycles. The molecule has 0 unspecified atom stereocenters. The van der Waals surface area contributed by atoms with Gasteiger partial charge >= 0.3 is 11.9 Å². The van der Waals surface area contributed by atoms with Crippen molar-refractivity contribution in [2.75, 3.05) is 14.2 Å². The summed E-state index contributed by atoms with van der Waals surface area (Å²) in [6.07, 6.45) is 0.750. The van der Waals surface area contributed by atoms with Crippen molar-refractivity contribution in [1.82, 2.24) is 0 Å². The summed E-state index contributed by atoms with van der Waals surface area (Å²) in [6, 6.07) is 6.05. The van der Waals surface area contributed by atoms with Gasteiger partial charge < -0.3 is 14.6 Å². The van der Waals surface area contributed by atoms with Crippen LogP contribution in [0.1, 0.15) is 20.7 Å². The van der Waals surface area contributed by atoms with Gasteiger partial charge in [-0.1, -0.05) is 0 Å². The Kier molecular flexibility index (Phi) is 6.55. The molecule has 90 valence electrons. The van der Waals surface area contributed by atoms with E-state index in [9.17, 15) is 9.59 Å². The summed E-state index contributed by atoms with van der Waals surface area (Å²) in [6.45, 7) is 0. The van der Waals surface area contributed by atoms with Crippen LogP contribution in [-0.4, -0.2) is 31.3 Å². The maximum absolute atomic E-state index is 11.0. The third kappa shape index (κ3) is 4.66. The van der Waals surface area contributed by atoms with E-state index in [4.69, 9.17) is 10.4 Å². The van der Waals surface area contributed by atoms with Gasteiger partial charge in [0.1, 0.15) is 0 Å². The van der Waals surface area contributed by atoms with Gasteiger partial charge in [0.05, 0.1) is 25.3 Å². The quantitative estimate of drug-likeness (QED) is 0.611. The highest BCUT2D eigenvalue weighted by atomic mass is 16.5. The van der Waals surface area contributed by atoms with Gasteiger partial charge in [-0.05, 0) is 24.3 Å². The Labute approximate surface area is 98.0 Å². The van der Waals surface area contributed by atoms with Crippen molar-refractivity contribution in [3.8, 4) is 6.26 Å². The molecular weight excluding hydrogens is 226 g/mol. The summed E-state index contributed by atoms with van der Waals surface area (Å²) in [5.41, 5.74) is 0.806. The number of esters is 2. The zero-order valence-corrected chi connectivity index (χ0v) is 9.34. The highest BCUT2D eigenvalue weighted by Gasteiger charge is 2.08. The van der Waals surface area contributed by atoms with Crippen LogP contribution >= 0.6 is 0 Å². The number of benzene rings is 1. The predicted octanol–water partition coefficient (Wildman–Crippen LogP) is 1.10. The largest absolute Gasteiger partial charge is 0.465 e. The zero-order valence-electron chi connectivity index (χ0n) is 9.34. The molecule has 0 aliphatic carbocycles. The first-order chi connectivity index (χ1) is 8.10. The van der Waals surface area contributed by atoms with Crippen molar-refractivity contribution < 1.29 is 24.2 Å². The number of rotatable bonds is 2. The topological polar surface area (TPSA) is 96.6 Å². The van der Waals surface area contributed by atoms with E-state index >= 15 is 0 Å². The van der Waals surface area contributed by atoms with E-state index in [0.29, 0.717) is 11.1 Å². The molecule has 0 spiro atoms. The van der Waals surface area contributed by atoms with Crippen LogP contribution in [-0.2, 0) is 9.47 Å². The minimum atomic E-state index is -0.429. The smallest absolute Gasteiger partial charge is 0.337 e. The van der Waals surface area contributed by atoms with Gasteiger partial charge in [-0.25, -0.2) is 9.59 Å². The molecule has 17 heavy (non-hydrogen) atoms. The molecule has 0 aliphatic rings. The summed E-state index contributed by atoms with van der Waals surface area (Å²) in [7, 11) is 2.60. The Morgan fingerprint density at radius 2 is 1.29 bits per heavy atom. The molecule has 0 bridgehead atoms. The maximum atomic E-state index is 11.0. The normalized spacial score (nSPS) is 8.06. The second-order valence-corrected chi connectivity index (χ2v) is 2.66. The SMILES string of the molecule is COC(=O)c1ccc(C(=O)OC)cc1.N#CO. The molecule has 0 heterocycles. The third-order valence-electron chi connectivity index (χ3n) is 1.73. The summed E-state index contributed by atoms with van der Waals surface area (Å²) >= 11 is 0. The number of ether oxygens (including phenoxy) is 2. The number of nitrogens with zero attached hydrogens (tertiary/aromatic N) is 1. The predicted molar refractivity (Wildman–Crippen MR) is 56.7 cm³/mol. The van der Waals surface area contributed by atoms with Crippen LogP contribution in [0, 0.1) is 11.5 Å². The first kappa shape index (κ1) is 14.5. The second kappa shape index (κ2) is 7.70. The molecule has 6 heteroatoms. The van der Waals surface area contributed by atoms with Crippen LogP contribution in [0.5, 0.6) is 0 Å². The first-order valence-electron chi connectivity index (χ1n) is 4.40. The Morgan fingerprint density at radius 1 is 1.06 bits per heavy atom. The van der Waals surface area contributed by atoms with E-state index in [0.717, 1.165) is 6.26 Å². The number of methoxy groups -OCH3 is 2. The molecule has 1 N–H and O–H groups in total. The second-order valence-electron chi connectivity index (χ2n) is 2.66. The molecule has 0 fully saturated rings. The standard InChI is InChI=1S/C10H10O4.CHNO/c1-13-9(11)7-3-5-8(6-4-7)10(12)14-2;2-1-3/h3-6H,1-2H3;3H. The zero-order chi connectivity index (χ0) is 13.3. The lowest BCUT2D eigenvalue weighted by Crippen LogP contribution is -2.04. The van der Waals surface area contributed by atoms with Crippen LogP contribution in [0.4, 0.5) is 0 Å². The molecular formula is C11H11NO5. The molecule has 0 radical (unpaired) electrons. The van der Waals surface area contributed by atoms with Crippen molar-refractivity contribution >= 4 is 11.9 Å². The van der Waals surface area contributed by atoms with E-state index in [2.05, 4.69) is 9.47 Å². The number of hydrogen-bond donors (Lipinski definition) is 1. The lowest BCUT2D eigenvalue weighted by atomic mass is 10.1. The monoisotopic (exact) mass is 237 g/mol. The molecule has 0 aromatic heterocycles. The van der Waals surface area contributed by atoms with Gasteiger partial charge in [0.25, 0.3) is 6.26 Å². The number of aliphatic hydroxyl groups is 1. The fourth-order valence-electron chi connectivity index (χ4n) is 0.978. The van der Waals surface area contributed by atoms with Crippen molar-refractivity contribution in [2.45, 2.75) is 0 Å². The minimum absolute atomic E-state index is 0.403. The number of aliphatic hydroxyl groups excluding tert-OH is 1. The Hall–Kier alpha value is -2.55. The fraction of sp³-hybridized carbons (Fsp3) is 0.182. The van der Waals surface area contributed by atoms with Gasteiger partial charge in [0.15, 0.2) is 0 Å². The first-order valence-corrected chi connectivity index (χ1v) is 4.40. The molecule has 0 saturated carbocycles. The number of carbonyl (C=O) groups is 2. The summed E-state index contributed by atoms with van der Waals surface area (Å²) < 4.78 is 9.02. The maximum Gasteiger partial charge on any atom is 0.337 e. The average molecular weight is 237 g/mol. The summed E-state index contributed by atoms with van der Waals surface area (Å²) in [5.74, 6) is -0.858.